The molecule has 2 aromatic rings. The van der Waals surface area contributed by atoms with Crippen molar-refractivity contribution in [1.29, 1.82) is 0 Å². The van der Waals surface area contributed by atoms with E-state index in [1.807, 2.05) is 24.3 Å². The highest BCUT2D eigenvalue weighted by molar-refractivity contribution is 5.74. The first-order valence-corrected chi connectivity index (χ1v) is 10.6. The number of urea groups is 1. The van der Waals surface area contributed by atoms with Crippen molar-refractivity contribution in [3.8, 4) is 17.1 Å². The Morgan fingerprint density at radius 3 is 2.73 bits per heavy atom. The molecule has 1 saturated carbocycles. The van der Waals surface area contributed by atoms with E-state index in [1.165, 1.54) is 19.3 Å². The first-order valence-electron chi connectivity index (χ1n) is 10.6. The highest BCUT2D eigenvalue weighted by Gasteiger charge is 2.49. The minimum Gasteiger partial charge on any atom is -0.484 e. The number of hydrogen-bond donors (Lipinski definition) is 3. The van der Waals surface area contributed by atoms with Crippen LogP contribution in [0.4, 0.5) is 4.79 Å². The van der Waals surface area contributed by atoms with Gasteiger partial charge in [0.25, 0.3) is 0 Å². The lowest BCUT2D eigenvalue weighted by Gasteiger charge is -2.24. The molecule has 3 N–H and O–H groups in total. The summed E-state index contributed by atoms with van der Waals surface area (Å²) in [5.41, 5.74) is 0.745. The summed E-state index contributed by atoms with van der Waals surface area (Å²) in [6.07, 6.45) is 4.94. The maximum Gasteiger partial charge on any atom is 0.315 e. The van der Waals surface area contributed by atoms with Crippen molar-refractivity contribution < 1.29 is 19.0 Å². The zero-order chi connectivity index (χ0) is 20.3. The zero-order valence-corrected chi connectivity index (χ0v) is 16.6. The molecule has 3 heterocycles. The van der Waals surface area contributed by atoms with Gasteiger partial charge in [-0.15, -0.1) is 10.2 Å². The van der Waals surface area contributed by atoms with Crippen molar-refractivity contribution in [3.05, 3.63) is 24.3 Å². The Bertz CT molecular complexity index is 857. The van der Waals surface area contributed by atoms with Gasteiger partial charge >= 0.3 is 6.03 Å². The van der Waals surface area contributed by atoms with Crippen LogP contribution in [0.15, 0.2) is 24.3 Å². The average molecular weight is 414 g/mol. The Hall–Kier alpha value is -2.72. The largest absolute Gasteiger partial charge is 0.484 e. The third-order valence-corrected chi connectivity index (χ3v) is 6.02. The monoisotopic (exact) mass is 414 g/mol. The molecule has 0 bridgehead atoms. The van der Waals surface area contributed by atoms with Crippen LogP contribution in [0.25, 0.3) is 11.4 Å². The number of H-pyrrole nitrogens is 1. The lowest BCUT2D eigenvalue weighted by atomic mass is 9.96. The number of hydrogen-bond acceptors (Lipinski definition) is 7. The second kappa shape index (κ2) is 8.57. The van der Waals surface area contributed by atoms with Gasteiger partial charge < -0.3 is 24.8 Å². The van der Waals surface area contributed by atoms with Crippen molar-refractivity contribution >= 4 is 6.03 Å². The maximum absolute atomic E-state index is 12.4. The Morgan fingerprint density at radius 2 is 1.90 bits per heavy atom. The quantitative estimate of drug-likeness (QED) is 0.676. The summed E-state index contributed by atoms with van der Waals surface area (Å²) >= 11 is 0. The van der Waals surface area contributed by atoms with Crippen LogP contribution in [-0.2, 0) is 9.47 Å². The topological polar surface area (TPSA) is 123 Å². The van der Waals surface area contributed by atoms with Crippen LogP contribution in [0, 0.1) is 0 Å². The molecule has 2 aliphatic heterocycles. The third-order valence-electron chi connectivity index (χ3n) is 6.02. The highest BCUT2D eigenvalue weighted by Crippen LogP contribution is 2.33. The molecule has 0 radical (unpaired) electrons. The van der Waals surface area contributed by atoms with Crippen LogP contribution in [-0.4, -0.2) is 70.3 Å². The Balaban J connectivity index is 1.20. The Labute approximate surface area is 174 Å². The number of nitrogens with one attached hydrogen (secondary N) is 3. The van der Waals surface area contributed by atoms with Crippen LogP contribution in [0.2, 0.25) is 0 Å². The van der Waals surface area contributed by atoms with E-state index < -0.39 is 0 Å². The molecule has 30 heavy (non-hydrogen) atoms. The van der Waals surface area contributed by atoms with E-state index in [4.69, 9.17) is 14.2 Å². The molecular formula is C20H26N6O4. The number of carbonyl (C=O) groups excluding carboxylic acids is 1. The standard InChI is InChI=1S/C20H26N6O4/c27-20(21-12-6-2-1-3-7-12)22-14-10-28-18-16(11-29-17(14)18)30-15-9-5-4-8-13(15)19-23-25-26-24-19/h4-5,8-9,12,14,16-18H,1-3,6-7,10-11H2,(H2,21,22,27)(H,23,24,25,26)/t14-,16-,17+,18+/m0/s1. The van der Waals surface area contributed by atoms with Gasteiger partial charge in [0.2, 0.25) is 5.82 Å². The fourth-order valence-electron chi connectivity index (χ4n) is 4.52. The van der Waals surface area contributed by atoms with E-state index in [0.29, 0.717) is 24.8 Å². The van der Waals surface area contributed by atoms with Gasteiger partial charge in [0.05, 0.1) is 24.8 Å². The number of para-hydroxylation sites is 1. The number of aromatic amines is 1. The summed E-state index contributed by atoms with van der Waals surface area (Å²) in [6.45, 7) is 0.790. The summed E-state index contributed by atoms with van der Waals surface area (Å²) in [7, 11) is 0. The third kappa shape index (κ3) is 3.97. The zero-order valence-electron chi connectivity index (χ0n) is 16.6. The van der Waals surface area contributed by atoms with Crippen LogP contribution in [0.1, 0.15) is 32.1 Å². The summed E-state index contributed by atoms with van der Waals surface area (Å²) in [5.74, 6) is 1.11. The maximum atomic E-state index is 12.4. The van der Waals surface area contributed by atoms with E-state index in [1.54, 1.807) is 0 Å². The fraction of sp³-hybridized carbons (Fsp3) is 0.600. The molecule has 3 aliphatic rings. The van der Waals surface area contributed by atoms with Crippen molar-refractivity contribution in [2.75, 3.05) is 13.2 Å². The van der Waals surface area contributed by atoms with E-state index >= 15 is 0 Å². The minimum atomic E-state index is -0.281. The molecule has 4 atom stereocenters. The van der Waals surface area contributed by atoms with Gasteiger partial charge in [-0.25, -0.2) is 4.79 Å². The molecule has 160 valence electrons. The Kier molecular flexibility index (Phi) is 5.50. The molecule has 5 rings (SSSR count). The first-order chi connectivity index (χ1) is 14.8. The van der Waals surface area contributed by atoms with E-state index in [0.717, 1.165) is 18.4 Å². The van der Waals surface area contributed by atoms with Gasteiger partial charge in [-0.2, -0.15) is 5.21 Å². The molecular weight excluding hydrogens is 388 g/mol. The van der Waals surface area contributed by atoms with Crippen LogP contribution in [0.5, 0.6) is 5.75 Å². The second-order valence-electron chi connectivity index (χ2n) is 8.04. The van der Waals surface area contributed by atoms with Gasteiger partial charge in [-0.05, 0) is 30.2 Å². The van der Waals surface area contributed by atoms with Crippen molar-refractivity contribution in [3.63, 3.8) is 0 Å². The lowest BCUT2D eigenvalue weighted by molar-refractivity contribution is 0.0306. The van der Waals surface area contributed by atoms with Gasteiger partial charge in [0, 0.05) is 6.04 Å². The molecule has 2 saturated heterocycles. The molecule has 10 nitrogen and oxygen atoms in total. The predicted molar refractivity (Wildman–Crippen MR) is 106 cm³/mol. The first kappa shape index (κ1) is 19.3. The number of carbonyl (C=O) groups is 1. The minimum absolute atomic E-state index is 0.147. The van der Waals surface area contributed by atoms with Crippen molar-refractivity contribution in [2.24, 2.45) is 0 Å². The molecule has 2 amide bonds. The smallest absolute Gasteiger partial charge is 0.315 e. The lowest BCUT2D eigenvalue weighted by Crippen LogP contribution is -2.51. The summed E-state index contributed by atoms with van der Waals surface area (Å²) in [4.78, 5) is 12.4. The molecule has 1 aromatic heterocycles. The predicted octanol–water partition coefficient (Wildman–Crippen LogP) is 1.41. The summed E-state index contributed by atoms with van der Waals surface area (Å²) in [6, 6.07) is 7.44. The van der Waals surface area contributed by atoms with Crippen molar-refractivity contribution in [1.82, 2.24) is 31.3 Å². The number of aromatic nitrogens is 4. The molecule has 10 heteroatoms. The molecule has 1 aromatic carbocycles. The van der Waals surface area contributed by atoms with Crippen LogP contribution in [0.3, 0.4) is 0 Å². The molecule has 0 spiro atoms. The number of amides is 2. The van der Waals surface area contributed by atoms with Gasteiger partial charge in [-0.3, -0.25) is 0 Å². The SMILES string of the molecule is O=C(NC1CCCCC1)N[C@H]1CO[C@H]2[C@@H]1OC[C@@H]2Oc1ccccc1-c1nn[nH]n1. The number of ether oxygens (including phenoxy) is 3. The highest BCUT2D eigenvalue weighted by atomic mass is 16.6. The van der Waals surface area contributed by atoms with Crippen LogP contribution >= 0.6 is 0 Å². The molecule has 1 aliphatic carbocycles. The summed E-state index contributed by atoms with van der Waals surface area (Å²) < 4.78 is 18.1. The number of tetrazole rings is 1. The number of nitrogens with zero attached hydrogens (tertiary/aromatic N) is 3. The number of rotatable bonds is 5. The fourth-order valence-corrected chi connectivity index (χ4v) is 4.52. The van der Waals surface area contributed by atoms with E-state index in [2.05, 4.69) is 31.3 Å². The second-order valence-corrected chi connectivity index (χ2v) is 8.04. The van der Waals surface area contributed by atoms with Gasteiger partial charge in [0.1, 0.15) is 18.0 Å². The molecule has 3 fully saturated rings. The van der Waals surface area contributed by atoms with Gasteiger partial charge in [0.15, 0.2) is 6.10 Å². The van der Waals surface area contributed by atoms with Gasteiger partial charge in [-0.1, -0.05) is 31.4 Å². The van der Waals surface area contributed by atoms with Crippen LogP contribution < -0.4 is 15.4 Å². The van der Waals surface area contributed by atoms with E-state index in [9.17, 15) is 4.79 Å². The van der Waals surface area contributed by atoms with E-state index in [-0.39, 0.29) is 36.4 Å². The number of fused-ring (bicyclic) bond motifs is 1. The number of benzene rings is 1. The van der Waals surface area contributed by atoms with Crippen molar-refractivity contribution in [2.45, 2.75) is 62.5 Å². The normalized spacial score (nSPS) is 28.8. The Morgan fingerprint density at radius 1 is 1.07 bits per heavy atom. The summed E-state index contributed by atoms with van der Waals surface area (Å²) in [5, 5.41) is 20.3. The molecule has 0 unspecified atom stereocenters. The average Bonchev–Trinajstić information content (AvgIpc) is 3.50.